The molecule has 0 saturated heterocycles. The fraction of sp³-hybridized carbons (Fsp3) is 0.370. The Kier molecular flexibility index (Phi) is 9.36. The summed E-state index contributed by atoms with van der Waals surface area (Å²) < 4.78 is 0. The van der Waals surface area contributed by atoms with E-state index in [1.807, 2.05) is 41.8 Å². The maximum absolute atomic E-state index is 12.7. The molecule has 6 nitrogen and oxygen atoms in total. The number of aryl methyl sites for hydroxylation is 1. The van der Waals surface area contributed by atoms with Gasteiger partial charge in [0.25, 0.3) is 5.91 Å². The third-order valence-corrected chi connectivity index (χ3v) is 6.49. The SMILES string of the molecule is CCN(Cc1ccc(C(=O)Nc2nc(-c3ccc(CCCNC(C)=O)cc3)cs2)cc1)C(C)C. The van der Waals surface area contributed by atoms with Gasteiger partial charge >= 0.3 is 0 Å². The molecule has 2 amide bonds. The first-order valence-electron chi connectivity index (χ1n) is 11.8. The van der Waals surface area contributed by atoms with Gasteiger partial charge in [-0.2, -0.15) is 0 Å². The van der Waals surface area contributed by atoms with Gasteiger partial charge in [0.2, 0.25) is 5.91 Å². The van der Waals surface area contributed by atoms with Crippen LogP contribution in [0.25, 0.3) is 11.3 Å². The van der Waals surface area contributed by atoms with E-state index < -0.39 is 0 Å². The van der Waals surface area contributed by atoms with Crippen molar-refractivity contribution in [2.45, 2.75) is 53.1 Å². The standard InChI is InChI=1S/C27H34N4O2S/c1-5-31(19(2)3)17-22-10-14-24(15-11-22)26(33)30-27-29-25(18-34-27)23-12-8-21(9-13-23)7-6-16-28-20(4)32/h8-15,18-19H,5-7,16-17H2,1-4H3,(H,28,32)(H,29,30,33). The molecule has 0 spiro atoms. The van der Waals surface area contributed by atoms with Gasteiger partial charge in [0, 0.05) is 42.6 Å². The van der Waals surface area contributed by atoms with Gasteiger partial charge in [-0.1, -0.05) is 43.3 Å². The highest BCUT2D eigenvalue weighted by molar-refractivity contribution is 7.14. The van der Waals surface area contributed by atoms with Gasteiger partial charge in [-0.25, -0.2) is 4.98 Å². The van der Waals surface area contributed by atoms with Gasteiger partial charge in [0.05, 0.1) is 5.69 Å². The van der Waals surface area contributed by atoms with Crippen LogP contribution < -0.4 is 10.6 Å². The average molecular weight is 479 g/mol. The van der Waals surface area contributed by atoms with Crippen LogP contribution in [0.3, 0.4) is 0 Å². The number of thiazole rings is 1. The third-order valence-electron chi connectivity index (χ3n) is 5.73. The van der Waals surface area contributed by atoms with Crippen LogP contribution in [0.5, 0.6) is 0 Å². The van der Waals surface area contributed by atoms with E-state index in [9.17, 15) is 9.59 Å². The first kappa shape index (κ1) is 25.6. The second-order valence-corrected chi connectivity index (χ2v) is 9.49. The highest BCUT2D eigenvalue weighted by Gasteiger charge is 2.12. The number of rotatable bonds is 11. The summed E-state index contributed by atoms with van der Waals surface area (Å²) in [5, 5.41) is 8.27. The van der Waals surface area contributed by atoms with Crippen LogP contribution in [-0.4, -0.2) is 40.8 Å². The molecule has 0 unspecified atom stereocenters. The van der Waals surface area contributed by atoms with Crippen molar-refractivity contribution >= 4 is 28.3 Å². The number of benzene rings is 2. The Labute approximate surface area is 206 Å². The quantitative estimate of drug-likeness (QED) is 0.364. The van der Waals surface area contributed by atoms with Crippen molar-refractivity contribution in [1.29, 1.82) is 0 Å². The molecule has 1 heterocycles. The molecule has 0 saturated carbocycles. The van der Waals surface area contributed by atoms with Crippen LogP contribution in [0.4, 0.5) is 5.13 Å². The number of aromatic nitrogens is 1. The third kappa shape index (κ3) is 7.50. The van der Waals surface area contributed by atoms with Crippen LogP contribution in [0, 0.1) is 0 Å². The second kappa shape index (κ2) is 12.4. The van der Waals surface area contributed by atoms with Gasteiger partial charge in [0.1, 0.15) is 0 Å². The Morgan fingerprint density at radius 1 is 1.03 bits per heavy atom. The van der Waals surface area contributed by atoms with Gasteiger partial charge < -0.3 is 5.32 Å². The monoisotopic (exact) mass is 478 g/mol. The Balaban J connectivity index is 1.55. The van der Waals surface area contributed by atoms with Crippen molar-refractivity contribution in [3.8, 4) is 11.3 Å². The molecule has 0 atom stereocenters. The lowest BCUT2D eigenvalue weighted by Crippen LogP contribution is -2.29. The Bertz CT molecular complexity index is 1070. The molecule has 7 heteroatoms. The van der Waals surface area contributed by atoms with Crippen molar-refractivity contribution in [1.82, 2.24) is 15.2 Å². The van der Waals surface area contributed by atoms with E-state index in [-0.39, 0.29) is 11.8 Å². The minimum Gasteiger partial charge on any atom is -0.356 e. The van der Waals surface area contributed by atoms with Gasteiger partial charge in [-0.15, -0.1) is 11.3 Å². The number of carbonyl (C=O) groups is 2. The zero-order valence-corrected chi connectivity index (χ0v) is 21.2. The fourth-order valence-electron chi connectivity index (χ4n) is 3.69. The molecule has 0 aliphatic heterocycles. The molecular weight excluding hydrogens is 444 g/mol. The minimum absolute atomic E-state index is 0.00347. The molecule has 0 aliphatic carbocycles. The Hall–Kier alpha value is -3.03. The van der Waals surface area contributed by atoms with Gasteiger partial charge in [-0.3, -0.25) is 19.8 Å². The van der Waals surface area contributed by atoms with Crippen molar-refractivity contribution in [2.24, 2.45) is 0 Å². The summed E-state index contributed by atoms with van der Waals surface area (Å²) >= 11 is 1.42. The average Bonchev–Trinajstić information content (AvgIpc) is 3.29. The van der Waals surface area contributed by atoms with E-state index in [4.69, 9.17) is 0 Å². The first-order valence-corrected chi connectivity index (χ1v) is 12.7. The van der Waals surface area contributed by atoms with E-state index in [0.717, 1.165) is 37.2 Å². The van der Waals surface area contributed by atoms with Crippen molar-refractivity contribution in [3.05, 3.63) is 70.6 Å². The predicted molar refractivity (Wildman–Crippen MR) is 140 cm³/mol. The Morgan fingerprint density at radius 2 is 1.71 bits per heavy atom. The first-order chi connectivity index (χ1) is 16.4. The summed E-state index contributed by atoms with van der Waals surface area (Å²) in [6.07, 6.45) is 1.81. The number of anilines is 1. The molecule has 2 N–H and O–H groups in total. The lowest BCUT2D eigenvalue weighted by atomic mass is 10.1. The van der Waals surface area contributed by atoms with E-state index in [1.54, 1.807) is 0 Å². The van der Waals surface area contributed by atoms with Crippen molar-refractivity contribution in [2.75, 3.05) is 18.4 Å². The van der Waals surface area contributed by atoms with Crippen LogP contribution in [0.1, 0.15) is 55.6 Å². The topological polar surface area (TPSA) is 74.3 Å². The second-order valence-electron chi connectivity index (χ2n) is 8.63. The number of carbonyl (C=O) groups excluding carboxylic acids is 2. The largest absolute Gasteiger partial charge is 0.356 e. The van der Waals surface area contributed by atoms with E-state index in [2.05, 4.69) is 53.4 Å². The molecule has 3 rings (SSSR count). The van der Waals surface area contributed by atoms with Crippen molar-refractivity contribution in [3.63, 3.8) is 0 Å². The van der Waals surface area contributed by atoms with Crippen LogP contribution >= 0.6 is 11.3 Å². The highest BCUT2D eigenvalue weighted by atomic mass is 32.1. The summed E-state index contributed by atoms with van der Waals surface area (Å²) in [6.45, 7) is 10.6. The zero-order chi connectivity index (χ0) is 24.5. The smallest absolute Gasteiger partial charge is 0.257 e. The number of nitrogens with zero attached hydrogens (tertiary/aromatic N) is 2. The molecule has 0 radical (unpaired) electrons. The Morgan fingerprint density at radius 3 is 2.32 bits per heavy atom. The number of amides is 2. The molecule has 180 valence electrons. The maximum atomic E-state index is 12.7. The fourth-order valence-corrected chi connectivity index (χ4v) is 4.40. The molecule has 34 heavy (non-hydrogen) atoms. The molecule has 1 aromatic heterocycles. The normalized spacial score (nSPS) is 11.1. The summed E-state index contributed by atoms with van der Waals surface area (Å²) in [4.78, 5) is 30.6. The highest BCUT2D eigenvalue weighted by Crippen LogP contribution is 2.26. The van der Waals surface area contributed by atoms with Crippen LogP contribution in [-0.2, 0) is 17.8 Å². The van der Waals surface area contributed by atoms with Gasteiger partial charge in [0.15, 0.2) is 5.13 Å². The lowest BCUT2D eigenvalue weighted by molar-refractivity contribution is -0.118. The number of hydrogen-bond acceptors (Lipinski definition) is 5. The number of nitrogens with one attached hydrogen (secondary N) is 2. The maximum Gasteiger partial charge on any atom is 0.257 e. The number of hydrogen-bond donors (Lipinski definition) is 2. The van der Waals surface area contributed by atoms with Gasteiger partial charge in [-0.05, 0) is 56.5 Å². The van der Waals surface area contributed by atoms with E-state index >= 15 is 0 Å². The predicted octanol–water partition coefficient (Wildman–Crippen LogP) is 5.36. The minimum atomic E-state index is -0.154. The van der Waals surface area contributed by atoms with Crippen LogP contribution in [0.15, 0.2) is 53.9 Å². The van der Waals surface area contributed by atoms with Crippen molar-refractivity contribution < 1.29 is 9.59 Å². The lowest BCUT2D eigenvalue weighted by Gasteiger charge is -2.24. The van der Waals surface area contributed by atoms with Crippen LogP contribution in [0.2, 0.25) is 0 Å². The summed E-state index contributed by atoms with van der Waals surface area (Å²) in [7, 11) is 0. The molecule has 0 bridgehead atoms. The zero-order valence-electron chi connectivity index (χ0n) is 20.4. The molecule has 0 aliphatic rings. The molecular formula is C27H34N4O2S. The summed E-state index contributed by atoms with van der Waals surface area (Å²) in [6, 6.07) is 16.5. The van der Waals surface area contributed by atoms with E-state index in [0.29, 0.717) is 23.3 Å². The molecule has 2 aromatic carbocycles. The summed E-state index contributed by atoms with van der Waals surface area (Å²) in [5.41, 5.74) is 4.89. The molecule has 0 fully saturated rings. The summed E-state index contributed by atoms with van der Waals surface area (Å²) in [5.74, 6) is -0.151. The van der Waals surface area contributed by atoms with E-state index in [1.165, 1.54) is 29.4 Å². The molecule has 3 aromatic rings.